The summed E-state index contributed by atoms with van der Waals surface area (Å²) in [5.74, 6) is -0.205. The number of amidine groups is 1. The number of hydrogen-bond acceptors (Lipinski definition) is 9. The number of nitro benzene ring substituents is 3. The van der Waals surface area contributed by atoms with Crippen LogP contribution in [0.1, 0.15) is 26.2 Å². The van der Waals surface area contributed by atoms with Crippen LogP contribution in [-0.4, -0.2) is 30.8 Å². The Kier molecular flexibility index (Phi) is 9.47. The number of phenolic OH excluding ortho intramolecular Hbond substituents is 1. The number of phenols is 1. The number of aromatic hydroxyl groups is 1. The molecule has 0 aliphatic carbocycles. The Balaban J connectivity index is 0.000000547. The Labute approximate surface area is 146 Å². The van der Waals surface area contributed by atoms with E-state index in [0.717, 1.165) is 5.75 Å². The Hall–Kier alpha value is -2.96. The highest BCUT2D eigenvalue weighted by Gasteiger charge is 2.30. The lowest BCUT2D eigenvalue weighted by Gasteiger charge is -1.97. The highest BCUT2D eigenvalue weighted by molar-refractivity contribution is 8.13. The number of nitro groups is 3. The molecule has 12 nitrogen and oxygen atoms in total. The van der Waals surface area contributed by atoms with Gasteiger partial charge in [0.05, 0.1) is 26.9 Å². The number of benzene rings is 1. The summed E-state index contributed by atoms with van der Waals surface area (Å²) in [6.45, 7) is 2.17. The first-order chi connectivity index (χ1) is 11.6. The molecule has 0 aliphatic heterocycles. The number of unbranched alkanes of at least 4 members (excludes halogenated alkanes) is 2. The fourth-order valence-electron chi connectivity index (χ4n) is 1.51. The molecule has 0 fully saturated rings. The van der Waals surface area contributed by atoms with Crippen molar-refractivity contribution in [3.63, 3.8) is 0 Å². The molecule has 0 bridgehead atoms. The third-order valence-electron chi connectivity index (χ3n) is 2.66. The monoisotopic (exact) mass is 375 g/mol. The molecule has 0 radical (unpaired) electrons. The van der Waals surface area contributed by atoms with Gasteiger partial charge in [-0.1, -0.05) is 31.5 Å². The SMILES string of the molecule is CCCCCSC(=N)N.O=[N+]([O-])c1cc([N+](=O)[O-])c(O)c([N+](=O)[O-])c1. The predicted molar refractivity (Wildman–Crippen MR) is 92.0 cm³/mol. The molecule has 0 amide bonds. The second kappa shape index (κ2) is 10.7. The molecule has 25 heavy (non-hydrogen) atoms. The molecule has 13 heteroatoms. The third kappa shape index (κ3) is 7.92. The van der Waals surface area contributed by atoms with Crippen molar-refractivity contribution in [3.05, 3.63) is 42.5 Å². The van der Waals surface area contributed by atoms with Gasteiger partial charge in [0.2, 0.25) is 0 Å². The molecule has 1 aromatic carbocycles. The molecule has 0 unspecified atom stereocenters. The molecular weight excluding hydrogens is 358 g/mol. The van der Waals surface area contributed by atoms with Gasteiger partial charge in [0.15, 0.2) is 5.17 Å². The topological polar surface area (TPSA) is 200 Å². The standard InChI is InChI=1S/C6H3N3O7.C6H14N2S/c10-6-4(8(13)14)1-3(7(11)12)2-5(6)9(15)16;1-2-3-4-5-9-6(7)8/h1-2,10H;2-5H2,1H3,(H3,7,8). The zero-order valence-electron chi connectivity index (χ0n) is 13.2. The summed E-state index contributed by atoms with van der Waals surface area (Å²) in [4.78, 5) is 27.8. The van der Waals surface area contributed by atoms with E-state index in [0.29, 0.717) is 12.1 Å². The summed E-state index contributed by atoms with van der Waals surface area (Å²) in [5, 5.41) is 47.3. The second-order valence-corrected chi connectivity index (χ2v) is 5.66. The number of nitrogens with zero attached hydrogens (tertiary/aromatic N) is 3. The van der Waals surface area contributed by atoms with Crippen molar-refractivity contribution in [2.45, 2.75) is 26.2 Å². The van der Waals surface area contributed by atoms with Gasteiger partial charge in [-0.3, -0.25) is 35.8 Å². The molecule has 0 aromatic heterocycles. The normalized spacial score (nSPS) is 9.64. The number of hydrogen-bond donors (Lipinski definition) is 3. The number of nitrogens with two attached hydrogens (primary N) is 1. The second-order valence-electron chi connectivity index (χ2n) is 4.52. The van der Waals surface area contributed by atoms with Crippen molar-refractivity contribution >= 4 is 34.0 Å². The van der Waals surface area contributed by atoms with Crippen molar-refractivity contribution in [2.75, 3.05) is 5.75 Å². The molecule has 0 spiro atoms. The van der Waals surface area contributed by atoms with Crippen LogP contribution in [0.25, 0.3) is 0 Å². The van der Waals surface area contributed by atoms with Crippen molar-refractivity contribution in [2.24, 2.45) is 5.73 Å². The number of non-ortho nitro benzene ring substituents is 1. The van der Waals surface area contributed by atoms with E-state index < -0.39 is 37.6 Å². The van der Waals surface area contributed by atoms with Crippen molar-refractivity contribution in [3.8, 4) is 5.75 Å². The number of nitrogens with one attached hydrogen (secondary N) is 1. The number of rotatable bonds is 7. The first kappa shape index (κ1) is 22.0. The fourth-order valence-corrected chi connectivity index (χ4v) is 2.08. The molecule has 0 saturated heterocycles. The summed E-state index contributed by atoms with van der Waals surface area (Å²) in [6.07, 6.45) is 3.67. The van der Waals surface area contributed by atoms with E-state index in [2.05, 4.69) is 6.92 Å². The summed E-state index contributed by atoms with van der Waals surface area (Å²) < 4.78 is 0. The van der Waals surface area contributed by atoms with Crippen molar-refractivity contribution < 1.29 is 19.9 Å². The minimum absolute atomic E-state index is 0.242. The molecule has 0 saturated carbocycles. The van der Waals surface area contributed by atoms with Gasteiger partial charge in [-0.05, 0) is 6.42 Å². The van der Waals surface area contributed by atoms with Crippen LogP contribution < -0.4 is 5.73 Å². The molecule has 4 N–H and O–H groups in total. The lowest BCUT2D eigenvalue weighted by Crippen LogP contribution is -2.04. The molecule has 1 aromatic rings. The lowest BCUT2D eigenvalue weighted by molar-refractivity contribution is -0.404. The Morgan fingerprint density at radius 1 is 1.12 bits per heavy atom. The van der Waals surface area contributed by atoms with Crippen molar-refractivity contribution in [1.82, 2.24) is 0 Å². The zero-order chi connectivity index (χ0) is 19.6. The largest absolute Gasteiger partial charge is 0.497 e. The first-order valence-corrected chi connectivity index (χ1v) is 7.87. The Bertz CT molecular complexity index is 632. The first-order valence-electron chi connectivity index (χ1n) is 6.88. The highest BCUT2D eigenvalue weighted by atomic mass is 32.2. The van der Waals surface area contributed by atoms with E-state index in [1.807, 2.05) is 0 Å². The molecule has 0 aliphatic rings. The number of thioether (sulfide) groups is 1. The third-order valence-corrected chi connectivity index (χ3v) is 3.47. The van der Waals surface area contributed by atoms with Crippen LogP contribution in [-0.2, 0) is 0 Å². The van der Waals surface area contributed by atoms with E-state index in [1.165, 1.54) is 31.0 Å². The summed E-state index contributed by atoms with van der Waals surface area (Å²) >= 11 is 1.43. The lowest BCUT2D eigenvalue weighted by atomic mass is 10.2. The van der Waals surface area contributed by atoms with E-state index in [9.17, 15) is 30.3 Å². The van der Waals surface area contributed by atoms with Gasteiger partial charge in [0.1, 0.15) is 0 Å². The van der Waals surface area contributed by atoms with Crippen LogP contribution in [0.5, 0.6) is 5.75 Å². The maximum absolute atomic E-state index is 10.4. The van der Waals surface area contributed by atoms with Gasteiger partial charge in [0, 0.05) is 5.75 Å². The molecule has 0 atom stereocenters. The smallest absolute Gasteiger partial charge is 0.324 e. The average Bonchev–Trinajstić information content (AvgIpc) is 2.51. The van der Waals surface area contributed by atoms with Gasteiger partial charge in [0.25, 0.3) is 11.4 Å². The quantitative estimate of drug-likeness (QED) is 0.210. The van der Waals surface area contributed by atoms with E-state index in [-0.39, 0.29) is 5.17 Å². The summed E-state index contributed by atoms with van der Waals surface area (Å²) in [6, 6.07) is 0.894. The van der Waals surface area contributed by atoms with Crippen LogP contribution >= 0.6 is 11.8 Å². The maximum Gasteiger partial charge on any atom is 0.324 e. The van der Waals surface area contributed by atoms with Gasteiger partial charge >= 0.3 is 11.4 Å². The van der Waals surface area contributed by atoms with E-state index in [1.54, 1.807) is 0 Å². The maximum atomic E-state index is 10.4. The Morgan fingerprint density at radius 3 is 1.92 bits per heavy atom. The van der Waals surface area contributed by atoms with Crippen LogP contribution in [0.2, 0.25) is 0 Å². The van der Waals surface area contributed by atoms with Crippen LogP contribution in [0, 0.1) is 35.8 Å². The van der Waals surface area contributed by atoms with Crippen molar-refractivity contribution in [1.29, 1.82) is 5.41 Å². The minimum atomic E-state index is -1.21. The van der Waals surface area contributed by atoms with E-state index in [4.69, 9.17) is 16.2 Å². The van der Waals surface area contributed by atoms with Crippen LogP contribution in [0.4, 0.5) is 17.1 Å². The molecule has 1 rings (SSSR count). The van der Waals surface area contributed by atoms with E-state index >= 15 is 0 Å². The zero-order valence-corrected chi connectivity index (χ0v) is 14.0. The summed E-state index contributed by atoms with van der Waals surface area (Å²) in [7, 11) is 0. The highest BCUT2D eigenvalue weighted by Crippen LogP contribution is 2.38. The fraction of sp³-hybridized carbons (Fsp3) is 0.417. The van der Waals surface area contributed by atoms with Crippen LogP contribution in [0.15, 0.2) is 12.1 Å². The molecule has 0 heterocycles. The Morgan fingerprint density at radius 2 is 1.60 bits per heavy atom. The average molecular weight is 375 g/mol. The van der Waals surface area contributed by atoms with Gasteiger partial charge in [-0.2, -0.15) is 0 Å². The summed E-state index contributed by atoms with van der Waals surface area (Å²) in [5.41, 5.74) is 2.12. The minimum Gasteiger partial charge on any atom is -0.497 e. The van der Waals surface area contributed by atoms with Gasteiger partial charge < -0.3 is 10.8 Å². The van der Waals surface area contributed by atoms with Gasteiger partial charge in [-0.15, -0.1) is 0 Å². The van der Waals surface area contributed by atoms with Crippen LogP contribution in [0.3, 0.4) is 0 Å². The molecule has 138 valence electrons. The van der Waals surface area contributed by atoms with Gasteiger partial charge in [-0.25, -0.2) is 0 Å². The molecular formula is C12H17N5O7S. The predicted octanol–water partition coefficient (Wildman–Crippen LogP) is 2.92.